The molecule has 6 heteroatoms. The third-order valence-corrected chi connectivity index (χ3v) is 5.84. The Morgan fingerprint density at radius 1 is 1.12 bits per heavy atom. The minimum atomic E-state index is 0.110. The fraction of sp³-hybridized carbons (Fsp3) is 0.650. The average Bonchev–Trinajstić information content (AvgIpc) is 3.23. The summed E-state index contributed by atoms with van der Waals surface area (Å²) in [6.45, 7) is 8.00. The monoisotopic (exact) mass is 359 g/mol. The molecule has 3 heterocycles. The maximum Gasteiger partial charge on any atom is 0.317 e. The Morgan fingerprint density at radius 2 is 1.77 bits per heavy atom. The molecule has 1 aromatic rings. The van der Waals surface area contributed by atoms with Gasteiger partial charge in [0.15, 0.2) is 0 Å². The molecule has 3 aliphatic rings. The van der Waals surface area contributed by atoms with Gasteiger partial charge < -0.3 is 24.6 Å². The molecule has 6 nitrogen and oxygen atoms in total. The molecule has 0 aromatic heterocycles. The van der Waals surface area contributed by atoms with Crippen molar-refractivity contribution in [1.29, 1.82) is 0 Å². The summed E-state index contributed by atoms with van der Waals surface area (Å²) >= 11 is 0. The number of ether oxygens (including phenoxy) is 2. The molecular weight excluding hydrogens is 330 g/mol. The highest BCUT2D eigenvalue weighted by Crippen LogP contribution is 2.34. The van der Waals surface area contributed by atoms with Crippen LogP contribution >= 0.6 is 0 Å². The van der Waals surface area contributed by atoms with Crippen LogP contribution in [0, 0.1) is 11.8 Å². The first-order valence-corrected chi connectivity index (χ1v) is 9.84. The SMILES string of the molecule is CCOc1ccc(N2C[C@H]3CN(C(=O)NC4CCOCC4)C[C@H]3C2)cc1. The lowest BCUT2D eigenvalue weighted by molar-refractivity contribution is 0.0784. The van der Waals surface area contributed by atoms with E-state index in [-0.39, 0.29) is 12.1 Å². The van der Waals surface area contributed by atoms with Gasteiger partial charge in [0, 0.05) is 63.0 Å². The first kappa shape index (κ1) is 17.5. The molecule has 1 aromatic carbocycles. The molecule has 0 aliphatic carbocycles. The second-order valence-corrected chi connectivity index (χ2v) is 7.59. The van der Waals surface area contributed by atoms with Gasteiger partial charge in [-0.1, -0.05) is 0 Å². The molecule has 4 rings (SSSR count). The number of fused-ring (bicyclic) bond motifs is 1. The fourth-order valence-corrected chi connectivity index (χ4v) is 4.40. The van der Waals surface area contributed by atoms with Gasteiger partial charge in [0.2, 0.25) is 0 Å². The summed E-state index contributed by atoms with van der Waals surface area (Å²) in [6, 6.07) is 8.75. The van der Waals surface area contributed by atoms with Gasteiger partial charge in [-0.05, 0) is 44.0 Å². The number of amides is 2. The Kier molecular flexibility index (Phi) is 5.20. The number of carbonyl (C=O) groups excluding carboxylic acids is 1. The average molecular weight is 359 g/mol. The lowest BCUT2D eigenvalue weighted by Crippen LogP contribution is -2.46. The Labute approximate surface area is 155 Å². The number of rotatable bonds is 4. The van der Waals surface area contributed by atoms with Crippen LogP contribution in [0.2, 0.25) is 0 Å². The third kappa shape index (κ3) is 3.75. The lowest BCUT2D eigenvalue weighted by Gasteiger charge is -2.27. The normalized spacial score (nSPS) is 26.0. The summed E-state index contributed by atoms with van der Waals surface area (Å²) in [5.41, 5.74) is 1.25. The van der Waals surface area contributed by atoms with E-state index in [0.717, 1.165) is 58.0 Å². The number of carbonyl (C=O) groups is 1. The molecule has 2 atom stereocenters. The van der Waals surface area contributed by atoms with Crippen molar-refractivity contribution in [2.75, 3.05) is 50.9 Å². The van der Waals surface area contributed by atoms with Crippen LogP contribution in [-0.2, 0) is 4.74 Å². The topological polar surface area (TPSA) is 54.0 Å². The van der Waals surface area contributed by atoms with Crippen LogP contribution in [0.15, 0.2) is 24.3 Å². The van der Waals surface area contributed by atoms with Crippen LogP contribution < -0.4 is 15.0 Å². The maximum absolute atomic E-state index is 12.5. The molecule has 0 unspecified atom stereocenters. The highest BCUT2D eigenvalue weighted by molar-refractivity contribution is 5.75. The van der Waals surface area contributed by atoms with Crippen molar-refractivity contribution >= 4 is 11.7 Å². The van der Waals surface area contributed by atoms with Crippen molar-refractivity contribution in [1.82, 2.24) is 10.2 Å². The molecule has 26 heavy (non-hydrogen) atoms. The van der Waals surface area contributed by atoms with Crippen molar-refractivity contribution < 1.29 is 14.3 Å². The van der Waals surface area contributed by atoms with E-state index in [1.165, 1.54) is 5.69 Å². The molecule has 0 saturated carbocycles. The molecule has 2 amide bonds. The zero-order chi connectivity index (χ0) is 17.9. The molecule has 0 radical (unpaired) electrons. The Bertz CT molecular complexity index is 601. The van der Waals surface area contributed by atoms with Crippen LogP contribution in [0.25, 0.3) is 0 Å². The van der Waals surface area contributed by atoms with Gasteiger partial charge in [0.1, 0.15) is 5.75 Å². The number of urea groups is 1. The van der Waals surface area contributed by atoms with Gasteiger partial charge in [-0.2, -0.15) is 0 Å². The van der Waals surface area contributed by atoms with Gasteiger partial charge in [0.25, 0.3) is 0 Å². The summed E-state index contributed by atoms with van der Waals surface area (Å²) in [6.07, 6.45) is 1.86. The zero-order valence-electron chi connectivity index (χ0n) is 15.5. The summed E-state index contributed by atoms with van der Waals surface area (Å²) in [5.74, 6) is 2.07. The van der Waals surface area contributed by atoms with Crippen LogP contribution in [0.5, 0.6) is 5.75 Å². The second kappa shape index (κ2) is 7.74. The highest BCUT2D eigenvalue weighted by atomic mass is 16.5. The number of hydrogen-bond donors (Lipinski definition) is 1. The third-order valence-electron chi connectivity index (χ3n) is 5.84. The van der Waals surface area contributed by atoms with E-state index >= 15 is 0 Å². The number of likely N-dealkylation sites (tertiary alicyclic amines) is 1. The van der Waals surface area contributed by atoms with E-state index in [9.17, 15) is 4.79 Å². The van der Waals surface area contributed by atoms with Gasteiger partial charge in [-0.3, -0.25) is 0 Å². The van der Waals surface area contributed by atoms with Crippen LogP contribution in [-0.4, -0.2) is 63.0 Å². The van der Waals surface area contributed by atoms with Gasteiger partial charge >= 0.3 is 6.03 Å². The van der Waals surface area contributed by atoms with Gasteiger partial charge in [-0.25, -0.2) is 4.79 Å². The Hall–Kier alpha value is -1.95. The van der Waals surface area contributed by atoms with E-state index in [1.54, 1.807) is 0 Å². The Balaban J connectivity index is 1.28. The van der Waals surface area contributed by atoms with Crippen molar-refractivity contribution in [3.8, 4) is 5.75 Å². The zero-order valence-corrected chi connectivity index (χ0v) is 15.5. The number of hydrogen-bond acceptors (Lipinski definition) is 4. The second-order valence-electron chi connectivity index (χ2n) is 7.59. The van der Waals surface area contributed by atoms with Gasteiger partial charge in [-0.15, -0.1) is 0 Å². The molecule has 0 bridgehead atoms. The first-order valence-electron chi connectivity index (χ1n) is 9.84. The van der Waals surface area contributed by atoms with Crippen molar-refractivity contribution in [2.45, 2.75) is 25.8 Å². The molecule has 3 aliphatic heterocycles. The van der Waals surface area contributed by atoms with Gasteiger partial charge in [0.05, 0.1) is 6.61 Å². The smallest absolute Gasteiger partial charge is 0.317 e. The van der Waals surface area contributed by atoms with Crippen molar-refractivity contribution in [3.05, 3.63) is 24.3 Å². The minimum absolute atomic E-state index is 0.110. The standard InChI is InChI=1S/C20H29N3O3/c1-2-26-19-5-3-18(4-6-19)22-11-15-13-23(14-16(15)12-22)20(24)21-17-7-9-25-10-8-17/h3-6,15-17H,2,7-14H2,1H3,(H,21,24)/t15-,16+. The van der Waals surface area contributed by atoms with E-state index < -0.39 is 0 Å². The molecule has 3 saturated heterocycles. The molecule has 0 spiro atoms. The molecule has 3 fully saturated rings. The molecular formula is C20H29N3O3. The summed E-state index contributed by atoms with van der Waals surface area (Å²) in [5, 5.41) is 3.19. The quantitative estimate of drug-likeness (QED) is 0.897. The molecule has 1 N–H and O–H groups in total. The predicted molar refractivity (Wildman–Crippen MR) is 101 cm³/mol. The molecule has 142 valence electrons. The number of benzene rings is 1. The maximum atomic E-state index is 12.5. The number of nitrogens with one attached hydrogen (secondary N) is 1. The van der Waals surface area contributed by atoms with Crippen molar-refractivity contribution in [3.63, 3.8) is 0 Å². The number of anilines is 1. The van der Waals surface area contributed by atoms with Crippen LogP contribution in [0.4, 0.5) is 10.5 Å². The minimum Gasteiger partial charge on any atom is -0.494 e. The summed E-state index contributed by atoms with van der Waals surface area (Å²) in [4.78, 5) is 17.0. The van der Waals surface area contributed by atoms with Crippen molar-refractivity contribution in [2.24, 2.45) is 11.8 Å². The van der Waals surface area contributed by atoms with E-state index in [4.69, 9.17) is 9.47 Å². The lowest BCUT2D eigenvalue weighted by atomic mass is 10.0. The first-order chi connectivity index (χ1) is 12.7. The van der Waals surface area contributed by atoms with E-state index in [0.29, 0.717) is 18.4 Å². The van der Waals surface area contributed by atoms with Crippen LogP contribution in [0.1, 0.15) is 19.8 Å². The van der Waals surface area contributed by atoms with Crippen LogP contribution in [0.3, 0.4) is 0 Å². The van der Waals surface area contributed by atoms with E-state index in [1.807, 2.05) is 24.0 Å². The fourth-order valence-electron chi connectivity index (χ4n) is 4.40. The predicted octanol–water partition coefficient (Wildman–Crippen LogP) is 2.34. The van der Waals surface area contributed by atoms with E-state index in [2.05, 4.69) is 22.3 Å². The largest absolute Gasteiger partial charge is 0.494 e. The highest BCUT2D eigenvalue weighted by Gasteiger charge is 2.42. The summed E-state index contributed by atoms with van der Waals surface area (Å²) in [7, 11) is 0. The Morgan fingerprint density at radius 3 is 2.38 bits per heavy atom. The number of nitrogens with zero attached hydrogens (tertiary/aromatic N) is 2. The summed E-state index contributed by atoms with van der Waals surface area (Å²) < 4.78 is 10.9.